The maximum absolute atomic E-state index is 5.83. The van der Waals surface area contributed by atoms with E-state index in [4.69, 9.17) is 16.3 Å². The maximum Gasteiger partial charge on any atom is 0.173 e. The predicted octanol–water partition coefficient (Wildman–Crippen LogP) is 2.29. The first-order valence-electron chi connectivity index (χ1n) is 3.76. The molecule has 0 aromatic carbocycles. The monoisotopic (exact) mass is 194 g/mol. The van der Waals surface area contributed by atoms with E-state index < -0.39 is 0 Å². The van der Waals surface area contributed by atoms with Crippen LogP contribution in [0.3, 0.4) is 0 Å². The Hall–Kier alpha value is -1.35. The Labute approximate surface area is 80.3 Å². The predicted molar refractivity (Wildman–Crippen MR) is 51.1 cm³/mol. The Balaban J connectivity index is 2.74. The number of nitrogens with zero attached hydrogens (tertiary/aromatic N) is 2. The Kier molecular flexibility index (Phi) is 2.02. The molecular formula is C9H7ClN2O. The Morgan fingerprint density at radius 2 is 2.31 bits per heavy atom. The lowest BCUT2D eigenvalue weighted by molar-refractivity contribution is 0.414. The van der Waals surface area contributed by atoms with Crippen molar-refractivity contribution < 1.29 is 4.74 Å². The molecule has 0 saturated carbocycles. The van der Waals surface area contributed by atoms with Crippen molar-refractivity contribution in [2.24, 2.45) is 0 Å². The van der Waals surface area contributed by atoms with E-state index in [0.29, 0.717) is 16.5 Å². The molecule has 0 aliphatic rings. The van der Waals surface area contributed by atoms with Crippen molar-refractivity contribution in [2.45, 2.75) is 0 Å². The third-order valence-electron chi connectivity index (χ3n) is 1.73. The summed E-state index contributed by atoms with van der Waals surface area (Å²) < 4.78 is 5.03. The average molecular weight is 195 g/mol. The fourth-order valence-electron chi connectivity index (χ4n) is 1.11. The summed E-state index contributed by atoms with van der Waals surface area (Å²) in [4.78, 5) is 8.14. The van der Waals surface area contributed by atoms with E-state index >= 15 is 0 Å². The average Bonchev–Trinajstić information content (AvgIpc) is 2.17. The highest BCUT2D eigenvalue weighted by molar-refractivity contribution is 6.31. The van der Waals surface area contributed by atoms with Gasteiger partial charge in [0, 0.05) is 11.6 Å². The zero-order valence-electron chi connectivity index (χ0n) is 6.99. The summed E-state index contributed by atoms with van der Waals surface area (Å²) in [6.07, 6.45) is 1.68. The van der Waals surface area contributed by atoms with Crippen LogP contribution < -0.4 is 4.74 Å². The second-order valence-electron chi connectivity index (χ2n) is 2.53. The number of aromatic nitrogens is 2. The van der Waals surface area contributed by atoms with Gasteiger partial charge in [-0.15, -0.1) is 0 Å². The molecule has 2 rings (SSSR count). The minimum absolute atomic E-state index is 0.341. The summed E-state index contributed by atoms with van der Waals surface area (Å²) in [5.74, 6) is 0.571. The maximum atomic E-state index is 5.83. The van der Waals surface area contributed by atoms with E-state index in [0.717, 1.165) is 5.39 Å². The van der Waals surface area contributed by atoms with Gasteiger partial charge in [-0.1, -0.05) is 11.6 Å². The van der Waals surface area contributed by atoms with Crippen molar-refractivity contribution >= 4 is 22.6 Å². The molecule has 2 aromatic rings. The van der Waals surface area contributed by atoms with Crippen LogP contribution in [-0.4, -0.2) is 17.1 Å². The van der Waals surface area contributed by atoms with Crippen molar-refractivity contribution in [1.82, 2.24) is 9.97 Å². The van der Waals surface area contributed by atoms with Gasteiger partial charge >= 0.3 is 0 Å². The summed E-state index contributed by atoms with van der Waals surface area (Å²) >= 11 is 5.83. The van der Waals surface area contributed by atoms with Crippen LogP contribution >= 0.6 is 11.6 Å². The molecule has 0 fully saturated rings. The van der Waals surface area contributed by atoms with Crippen LogP contribution in [0.15, 0.2) is 24.4 Å². The summed E-state index contributed by atoms with van der Waals surface area (Å²) in [6.45, 7) is 0. The molecule has 2 heterocycles. The van der Waals surface area contributed by atoms with Gasteiger partial charge in [0.15, 0.2) is 16.5 Å². The molecule has 0 unspecified atom stereocenters. The van der Waals surface area contributed by atoms with Gasteiger partial charge < -0.3 is 4.74 Å². The lowest BCUT2D eigenvalue weighted by atomic mass is 10.3. The number of ether oxygens (including phenoxy) is 1. The summed E-state index contributed by atoms with van der Waals surface area (Å²) in [7, 11) is 1.56. The van der Waals surface area contributed by atoms with E-state index in [-0.39, 0.29) is 0 Å². The Morgan fingerprint density at radius 3 is 3.08 bits per heavy atom. The van der Waals surface area contributed by atoms with Crippen LogP contribution in [0, 0.1) is 0 Å². The van der Waals surface area contributed by atoms with Crippen LogP contribution in [0.4, 0.5) is 0 Å². The molecule has 4 heteroatoms. The molecule has 13 heavy (non-hydrogen) atoms. The van der Waals surface area contributed by atoms with E-state index in [1.807, 2.05) is 18.2 Å². The minimum Gasteiger partial charge on any atom is -0.494 e. The van der Waals surface area contributed by atoms with Crippen LogP contribution in [-0.2, 0) is 0 Å². The SMILES string of the molecule is COc1cc2cccnc2nc1Cl. The largest absolute Gasteiger partial charge is 0.494 e. The number of rotatable bonds is 1. The molecule has 0 aliphatic heterocycles. The number of hydrogen-bond donors (Lipinski definition) is 0. The normalized spacial score (nSPS) is 10.3. The smallest absolute Gasteiger partial charge is 0.173 e. The van der Waals surface area contributed by atoms with Gasteiger partial charge in [0.05, 0.1) is 7.11 Å². The molecule has 2 aromatic heterocycles. The second-order valence-corrected chi connectivity index (χ2v) is 2.89. The minimum atomic E-state index is 0.341. The lowest BCUT2D eigenvalue weighted by Gasteiger charge is -2.02. The number of methoxy groups -OCH3 is 1. The number of halogens is 1. The lowest BCUT2D eigenvalue weighted by Crippen LogP contribution is -1.89. The highest BCUT2D eigenvalue weighted by Crippen LogP contribution is 2.25. The quantitative estimate of drug-likeness (QED) is 0.654. The fourth-order valence-corrected chi connectivity index (χ4v) is 1.32. The molecule has 66 valence electrons. The highest BCUT2D eigenvalue weighted by atomic mass is 35.5. The van der Waals surface area contributed by atoms with E-state index in [2.05, 4.69) is 9.97 Å². The van der Waals surface area contributed by atoms with Gasteiger partial charge in [0.1, 0.15) is 0 Å². The Morgan fingerprint density at radius 1 is 1.46 bits per heavy atom. The molecule has 0 N–H and O–H groups in total. The first kappa shape index (κ1) is 8.26. The first-order valence-corrected chi connectivity index (χ1v) is 4.14. The molecule has 0 atom stereocenters. The standard InChI is InChI=1S/C9H7ClN2O/c1-13-7-5-6-3-2-4-11-9(6)12-8(7)10/h2-5H,1H3. The second kappa shape index (κ2) is 3.18. The molecule has 3 nitrogen and oxygen atoms in total. The molecule has 0 aliphatic carbocycles. The van der Waals surface area contributed by atoms with Gasteiger partial charge in [-0.25, -0.2) is 9.97 Å². The molecular weight excluding hydrogens is 188 g/mol. The molecule has 0 spiro atoms. The van der Waals surface area contributed by atoms with Crippen molar-refractivity contribution in [3.05, 3.63) is 29.5 Å². The zero-order chi connectivity index (χ0) is 9.26. The van der Waals surface area contributed by atoms with Gasteiger partial charge in [-0.05, 0) is 18.2 Å². The number of fused-ring (bicyclic) bond motifs is 1. The Bertz CT molecular complexity index is 445. The molecule has 0 amide bonds. The van der Waals surface area contributed by atoms with E-state index in [1.54, 1.807) is 13.3 Å². The molecule has 0 radical (unpaired) electrons. The van der Waals surface area contributed by atoms with E-state index in [1.165, 1.54) is 0 Å². The topological polar surface area (TPSA) is 35.0 Å². The van der Waals surface area contributed by atoms with Crippen molar-refractivity contribution in [1.29, 1.82) is 0 Å². The molecule has 0 saturated heterocycles. The van der Waals surface area contributed by atoms with E-state index in [9.17, 15) is 0 Å². The van der Waals surface area contributed by atoms with Gasteiger partial charge in [-0.3, -0.25) is 0 Å². The first-order chi connectivity index (χ1) is 6.31. The van der Waals surface area contributed by atoms with Crippen LogP contribution in [0.1, 0.15) is 0 Å². The van der Waals surface area contributed by atoms with Gasteiger partial charge in [0.2, 0.25) is 0 Å². The third kappa shape index (κ3) is 1.42. The van der Waals surface area contributed by atoms with Crippen LogP contribution in [0.5, 0.6) is 5.75 Å². The molecule has 0 bridgehead atoms. The fraction of sp³-hybridized carbons (Fsp3) is 0.111. The summed E-state index contributed by atoms with van der Waals surface area (Å²) in [5, 5.41) is 1.26. The van der Waals surface area contributed by atoms with Crippen LogP contribution in [0.2, 0.25) is 5.15 Å². The van der Waals surface area contributed by atoms with Crippen LogP contribution in [0.25, 0.3) is 11.0 Å². The highest BCUT2D eigenvalue weighted by Gasteiger charge is 2.04. The van der Waals surface area contributed by atoms with Gasteiger partial charge in [0.25, 0.3) is 0 Å². The zero-order valence-corrected chi connectivity index (χ0v) is 7.75. The number of pyridine rings is 2. The summed E-state index contributed by atoms with van der Waals surface area (Å²) in [5.41, 5.74) is 0.633. The van der Waals surface area contributed by atoms with Crippen molar-refractivity contribution in [2.75, 3.05) is 7.11 Å². The number of hydrogen-bond acceptors (Lipinski definition) is 3. The third-order valence-corrected chi connectivity index (χ3v) is 2.00. The van der Waals surface area contributed by atoms with Crippen molar-refractivity contribution in [3.63, 3.8) is 0 Å². The summed E-state index contributed by atoms with van der Waals surface area (Å²) in [6, 6.07) is 5.57. The van der Waals surface area contributed by atoms with Gasteiger partial charge in [-0.2, -0.15) is 0 Å². The van der Waals surface area contributed by atoms with Crippen molar-refractivity contribution in [3.8, 4) is 5.75 Å².